The predicted molar refractivity (Wildman–Crippen MR) is 81.0 cm³/mol. The van der Waals surface area contributed by atoms with Gasteiger partial charge in [-0.3, -0.25) is 0 Å². The summed E-state index contributed by atoms with van der Waals surface area (Å²) in [6.07, 6.45) is 11.3. The monoisotopic (exact) mass is 255 g/mol. The van der Waals surface area contributed by atoms with Crippen LogP contribution in [0.3, 0.4) is 0 Å². The molecule has 0 saturated heterocycles. The number of para-hydroxylation sites is 1. The van der Waals surface area contributed by atoms with Crippen LogP contribution in [-0.2, 0) is 6.42 Å². The number of anilines is 1. The van der Waals surface area contributed by atoms with Gasteiger partial charge in [0.1, 0.15) is 0 Å². The number of rotatable bonds is 0. The summed E-state index contributed by atoms with van der Waals surface area (Å²) < 4.78 is 0. The summed E-state index contributed by atoms with van der Waals surface area (Å²) in [6.45, 7) is 3.76. The topological polar surface area (TPSA) is 3.24 Å². The van der Waals surface area contributed by atoms with E-state index in [1.807, 2.05) is 0 Å². The minimum absolute atomic E-state index is 0.515. The number of fused-ring (bicyclic) bond motifs is 1. The van der Waals surface area contributed by atoms with Crippen molar-refractivity contribution in [2.24, 2.45) is 0 Å². The van der Waals surface area contributed by atoms with Crippen LogP contribution in [0.15, 0.2) is 18.2 Å². The van der Waals surface area contributed by atoms with Gasteiger partial charge < -0.3 is 4.90 Å². The standard InChI is InChI=1S/C18H25N/c1-14-13-18(10-3-2-4-11-18)19-12-6-8-15-7-5-9-16(14)17(15)19/h5,7,9,14H,2-4,6,8,10-13H2,1H3. The highest BCUT2D eigenvalue weighted by Crippen LogP contribution is 2.51. The molecule has 102 valence electrons. The van der Waals surface area contributed by atoms with Crippen LogP contribution in [0.4, 0.5) is 5.69 Å². The first-order chi connectivity index (χ1) is 9.30. The number of benzene rings is 1. The molecule has 0 bridgehead atoms. The maximum atomic E-state index is 2.85. The van der Waals surface area contributed by atoms with Gasteiger partial charge in [0.25, 0.3) is 0 Å². The number of hydrogen-bond donors (Lipinski definition) is 0. The van der Waals surface area contributed by atoms with Crippen LogP contribution in [0.25, 0.3) is 0 Å². The lowest BCUT2D eigenvalue weighted by molar-refractivity contribution is 0.229. The Morgan fingerprint density at radius 2 is 1.95 bits per heavy atom. The van der Waals surface area contributed by atoms with Crippen LogP contribution in [-0.4, -0.2) is 12.1 Å². The maximum Gasteiger partial charge on any atom is 0.0438 e. The molecular weight excluding hydrogens is 230 g/mol. The van der Waals surface area contributed by atoms with Gasteiger partial charge >= 0.3 is 0 Å². The molecule has 1 saturated carbocycles. The van der Waals surface area contributed by atoms with Gasteiger partial charge in [0.2, 0.25) is 0 Å². The predicted octanol–water partition coefficient (Wildman–Crippen LogP) is 4.65. The van der Waals surface area contributed by atoms with Gasteiger partial charge in [-0.15, -0.1) is 0 Å². The average molecular weight is 255 g/mol. The molecule has 1 atom stereocenters. The lowest BCUT2D eigenvalue weighted by Crippen LogP contribution is -2.55. The molecule has 0 amide bonds. The summed E-state index contributed by atoms with van der Waals surface area (Å²) in [6, 6.07) is 7.05. The van der Waals surface area contributed by atoms with E-state index in [0.29, 0.717) is 5.54 Å². The fourth-order valence-electron chi connectivity index (χ4n) is 5.03. The van der Waals surface area contributed by atoms with Crippen molar-refractivity contribution in [3.05, 3.63) is 29.3 Å². The Morgan fingerprint density at radius 3 is 2.79 bits per heavy atom. The maximum absolute atomic E-state index is 2.85. The van der Waals surface area contributed by atoms with E-state index < -0.39 is 0 Å². The molecule has 1 aromatic carbocycles. The summed E-state index contributed by atoms with van der Waals surface area (Å²) in [5.41, 5.74) is 5.42. The number of nitrogens with zero attached hydrogens (tertiary/aromatic N) is 1. The Balaban J connectivity index is 1.86. The molecule has 2 aliphatic heterocycles. The summed E-state index contributed by atoms with van der Waals surface area (Å²) in [4.78, 5) is 2.85. The lowest BCUT2D eigenvalue weighted by Gasteiger charge is -2.55. The highest BCUT2D eigenvalue weighted by molar-refractivity contribution is 5.66. The van der Waals surface area contributed by atoms with Crippen LogP contribution >= 0.6 is 0 Å². The molecule has 1 nitrogen and oxygen atoms in total. The second-order valence-electron chi connectivity index (χ2n) is 7.00. The Morgan fingerprint density at radius 1 is 1.11 bits per heavy atom. The van der Waals surface area contributed by atoms with Crippen LogP contribution in [0.2, 0.25) is 0 Å². The molecule has 0 radical (unpaired) electrons. The summed E-state index contributed by atoms with van der Waals surface area (Å²) in [5.74, 6) is 0.752. The van der Waals surface area contributed by atoms with Crippen molar-refractivity contribution in [2.45, 2.75) is 69.7 Å². The van der Waals surface area contributed by atoms with Gasteiger partial charge in [0.15, 0.2) is 0 Å². The van der Waals surface area contributed by atoms with Crippen molar-refractivity contribution in [1.82, 2.24) is 0 Å². The van der Waals surface area contributed by atoms with Crippen molar-refractivity contribution >= 4 is 5.69 Å². The van der Waals surface area contributed by atoms with Crippen LogP contribution in [0, 0.1) is 0 Å². The quantitative estimate of drug-likeness (QED) is 0.652. The number of aryl methyl sites for hydroxylation is 1. The SMILES string of the molecule is CC1CC2(CCCCC2)N2CCCc3cccc1c32. The third kappa shape index (κ3) is 1.67. The van der Waals surface area contributed by atoms with E-state index in [4.69, 9.17) is 0 Å². The molecule has 1 aromatic rings. The molecule has 1 unspecified atom stereocenters. The van der Waals surface area contributed by atoms with Crippen molar-refractivity contribution in [2.75, 3.05) is 11.4 Å². The van der Waals surface area contributed by atoms with E-state index in [-0.39, 0.29) is 0 Å². The second-order valence-corrected chi connectivity index (χ2v) is 7.00. The Hall–Kier alpha value is -0.980. The van der Waals surface area contributed by atoms with Crippen molar-refractivity contribution in [3.8, 4) is 0 Å². The van der Waals surface area contributed by atoms with Crippen LogP contribution in [0.1, 0.15) is 68.9 Å². The van der Waals surface area contributed by atoms with Gasteiger partial charge in [-0.1, -0.05) is 44.4 Å². The summed E-state index contributed by atoms with van der Waals surface area (Å²) in [5, 5.41) is 0. The van der Waals surface area contributed by atoms with E-state index >= 15 is 0 Å². The average Bonchev–Trinajstić information content (AvgIpc) is 2.46. The summed E-state index contributed by atoms with van der Waals surface area (Å²) in [7, 11) is 0. The van der Waals surface area contributed by atoms with E-state index in [0.717, 1.165) is 5.92 Å². The first kappa shape index (κ1) is 11.8. The molecule has 0 N–H and O–H groups in total. The Kier molecular flexibility index (Phi) is 2.65. The zero-order valence-electron chi connectivity index (χ0n) is 12.1. The molecule has 2 heterocycles. The molecule has 1 fully saturated rings. The molecule has 0 aromatic heterocycles. The highest BCUT2D eigenvalue weighted by Gasteiger charge is 2.45. The van der Waals surface area contributed by atoms with Gasteiger partial charge in [-0.05, 0) is 49.1 Å². The number of hydrogen-bond acceptors (Lipinski definition) is 1. The first-order valence-electron chi connectivity index (χ1n) is 8.20. The Bertz CT molecular complexity index is 484. The normalized spacial score (nSPS) is 28.3. The van der Waals surface area contributed by atoms with Crippen molar-refractivity contribution in [1.29, 1.82) is 0 Å². The highest BCUT2D eigenvalue weighted by atomic mass is 15.2. The van der Waals surface area contributed by atoms with Gasteiger partial charge in [0, 0.05) is 17.8 Å². The van der Waals surface area contributed by atoms with E-state index in [9.17, 15) is 0 Å². The molecular formula is C18H25N. The van der Waals surface area contributed by atoms with Crippen LogP contribution < -0.4 is 4.90 Å². The molecule has 1 heteroatoms. The third-order valence-electron chi connectivity index (χ3n) is 5.82. The molecule has 1 spiro atoms. The lowest BCUT2D eigenvalue weighted by atomic mass is 9.69. The van der Waals surface area contributed by atoms with Crippen LogP contribution in [0.5, 0.6) is 0 Å². The van der Waals surface area contributed by atoms with Gasteiger partial charge in [-0.25, -0.2) is 0 Å². The van der Waals surface area contributed by atoms with E-state index in [1.54, 1.807) is 16.8 Å². The minimum atomic E-state index is 0.515. The molecule has 4 rings (SSSR count). The molecule has 3 aliphatic rings. The van der Waals surface area contributed by atoms with Gasteiger partial charge in [-0.2, -0.15) is 0 Å². The largest absolute Gasteiger partial charge is 0.365 e. The zero-order valence-corrected chi connectivity index (χ0v) is 12.1. The van der Waals surface area contributed by atoms with E-state index in [1.165, 1.54) is 57.9 Å². The molecule has 19 heavy (non-hydrogen) atoms. The van der Waals surface area contributed by atoms with Crippen molar-refractivity contribution in [3.63, 3.8) is 0 Å². The minimum Gasteiger partial charge on any atom is -0.365 e. The summed E-state index contributed by atoms with van der Waals surface area (Å²) >= 11 is 0. The van der Waals surface area contributed by atoms with Gasteiger partial charge in [0.05, 0.1) is 0 Å². The molecule has 1 aliphatic carbocycles. The second kappa shape index (κ2) is 4.26. The smallest absolute Gasteiger partial charge is 0.0438 e. The first-order valence-corrected chi connectivity index (χ1v) is 8.20. The fraction of sp³-hybridized carbons (Fsp3) is 0.667. The fourth-order valence-corrected chi connectivity index (χ4v) is 5.03. The zero-order chi connectivity index (χ0) is 12.9. The third-order valence-corrected chi connectivity index (χ3v) is 5.82. The van der Waals surface area contributed by atoms with E-state index in [2.05, 4.69) is 30.0 Å². The Labute approximate surface area is 117 Å². The van der Waals surface area contributed by atoms with Crippen molar-refractivity contribution < 1.29 is 0 Å².